The van der Waals surface area contributed by atoms with Gasteiger partial charge in [0.05, 0.1) is 6.10 Å². The zero-order chi connectivity index (χ0) is 8.10. The van der Waals surface area contributed by atoms with Crippen LogP contribution in [0.2, 0.25) is 0 Å². The van der Waals surface area contributed by atoms with Gasteiger partial charge in [-0.05, 0) is 32.1 Å². The van der Waals surface area contributed by atoms with Crippen LogP contribution in [0.1, 0.15) is 32.6 Å². The van der Waals surface area contributed by atoms with Crippen LogP contribution in [0.15, 0.2) is 12.2 Å². The monoisotopic (exact) mass is 154 g/mol. The molecule has 2 atom stereocenters. The van der Waals surface area contributed by atoms with E-state index in [1.165, 1.54) is 25.7 Å². The highest BCUT2D eigenvalue weighted by molar-refractivity contribution is 4.89. The Bertz CT molecular complexity index is 129. The number of allylic oxidation sites excluding steroid dienone is 2. The fourth-order valence-electron chi connectivity index (χ4n) is 1.84. The highest BCUT2D eigenvalue weighted by atomic mass is 16.5. The number of hydrogen-bond donors (Lipinski definition) is 0. The molecule has 1 rings (SSSR count). The van der Waals surface area contributed by atoms with Gasteiger partial charge in [-0.15, -0.1) is 0 Å². The van der Waals surface area contributed by atoms with Crippen LogP contribution in [0.25, 0.3) is 0 Å². The van der Waals surface area contributed by atoms with E-state index in [4.69, 9.17) is 4.74 Å². The summed E-state index contributed by atoms with van der Waals surface area (Å²) in [6.07, 6.45) is 10.1. The van der Waals surface area contributed by atoms with Gasteiger partial charge in [-0.3, -0.25) is 0 Å². The smallest absolute Gasteiger partial charge is 0.0577 e. The van der Waals surface area contributed by atoms with Gasteiger partial charge in [0.2, 0.25) is 0 Å². The maximum atomic E-state index is 5.33. The van der Waals surface area contributed by atoms with Crippen LogP contribution < -0.4 is 0 Å². The summed E-state index contributed by atoms with van der Waals surface area (Å²) >= 11 is 0. The molecule has 1 aliphatic rings. The molecule has 0 aromatic carbocycles. The molecule has 0 aliphatic heterocycles. The molecule has 64 valence electrons. The van der Waals surface area contributed by atoms with Crippen molar-refractivity contribution >= 4 is 0 Å². The first-order valence-electron chi connectivity index (χ1n) is 4.52. The van der Waals surface area contributed by atoms with E-state index in [0.717, 1.165) is 5.92 Å². The SMILES string of the molecule is C/C=C\C1CCCC(OC)C1. The fraction of sp³-hybridized carbons (Fsp3) is 0.800. The first-order chi connectivity index (χ1) is 5.36. The van der Waals surface area contributed by atoms with Crippen LogP contribution in [0.3, 0.4) is 0 Å². The minimum Gasteiger partial charge on any atom is -0.381 e. The molecule has 1 nitrogen and oxygen atoms in total. The van der Waals surface area contributed by atoms with Crippen LogP contribution in [-0.4, -0.2) is 13.2 Å². The Morgan fingerprint density at radius 1 is 1.36 bits per heavy atom. The zero-order valence-corrected chi connectivity index (χ0v) is 7.55. The van der Waals surface area contributed by atoms with Gasteiger partial charge < -0.3 is 4.74 Å². The Labute approximate surface area is 69.4 Å². The maximum Gasteiger partial charge on any atom is 0.0577 e. The van der Waals surface area contributed by atoms with Gasteiger partial charge in [0.1, 0.15) is 0 Å². The van der Waals surface area contributed by atoms with Crippen molar-refractivity contribution in [2.75, 3.05) is 7.11 Å². The van der Waals surface area contributed by atoms with Gasteiger partial charge in [-0.2, -0.15) is 0 Å². The number of rotatable bonds is 2. The highest BCUT2D eigenvalue weighted by Gasteiger charge is 2.18. The zero-order valence-electron chi connectivity index (χ0n) is 7.55. The summed E-state index contributed by atoms with van der Waals surface area (Å²) in [7, 11) is 1.82. The van der Waals surface area contributed by atoms with E-state index in [0.29, 0.717) is 6.10 Å². The van der Waals surface area contributed by atoms with E-state index in [9.17, 15) is 0 Å². The van der Waals surface area contributed by atoms with Crippen molar-refractivity contribution in [1.29, 1.82) is 0 Å². The summed E-state index contributed by atoms with van der Waals surface area (Å²) in [5.74, 6) is 0.777. The van der Waals surface area contributed by atoms with E-state index in [1.807, 2.05) is 7.11 Å². The first-order valence-corrected chi connectivity index (χ1v) is 4.52. The molecule has 1 heteroatoms. The van der Waals surface area contributed by atoms with E-state index in [2.05, 4.69) is 19.1 Å². The third-order valence-electron chi connectivity index (χ3n) is 2.46. The molecule has 0 aromatic heterocycles. The summed E-state index contributed by atoms with van der Waals surface area (Å²) in [5.41, 5.74) is 0. The highest BCUT2D eigenvalue weighted by Crippen LogP contribution is 2.26. The normalized spacial score (nSPS) is 32.9. The lowest BCUT2D eigenvalue weighted by atomic mass is 9.87. The third-order valence-corrected chi connectivity index (χ3v) is 2.46. The van der Waals surface area contributed by atoms with Gasteiger partial charge in [0, 0.05) is 7.11 Å². The average Bonchev–Trinajstić information content (AvgIpc) is 2.06. The second-order valence-electron chi connectivity index (χ2n) is 3.31. The molecule has 2 unspecified atom stereocenters. The Morgan fingerprint density at radius 3 is 2.82 bits per heavy atom. The minimum atomic E-state index is 0.518. The number of hydrogen-bond acceptors (Lipinski definition) is 1. The lowest BCUT2D eigenvalue weighted by Gasteiger charge is -2.25. The van der Waals surface area contributed by atoms with Crippen LogP contribution in [0.5, 0.6) is 0 Å². The predicted octanol–water partition coefficient (Wildman–Crippen LogP) is 2.77. The standard InChI is InChI=1S/C10H18O/c1-3-5-9-6-4-7-10(8-9)11-2/h3,5,9-10H,4,6-8H2,1-2H3/b5-3-. The van der Waals surface area contributed by atoms with Crippen molar-refractivity contribution < 1.29 is 4.74 Å². The van der Waals surface area contributed by atoms with Gasteiger partial charge in [0.25, 0.3) is 0 Å². The Kier molecular flexibility index (Phi) is 3.64. The molecular formula is C10H18O. The van der Waals surface area contributed by atoms with Crippen molar-refractivity contribution in [1.82, 2.24) is 0 Å². The molecule has 0 radical (unpaired) electrons. The van der Waals surface area contributed by atoms with Gasteiger partial charge in [0.15, 0.2) is 0 Å². The summed E-state index contributed by atoms with van der Waals surface area (Å²) in [4.78, 5) is 0. The van der Waals surface area contributed by atoms with E-state index in [-0.39, 0.29) is 0 Å². The summed E-state index contributed by atoms with van der Waals surface area (Å²) in [5, 5.41) is 0. The van der Waals surface area contributed by atoms with Gasteiger partial charge >= 0.3 is 0 Å². The van der Waals surface area contributed by atoms with E-state index < -0.39 is 0 Å². The molecule has 0 bridgehead atoms. The number of ether oxygens (including phenoxy) is 1. The Hall–Kier alpha value is -0.300. The lowest BCUT2D eigenvalue weighted by molar-refractivity contribution is 0.0589. The van der Waals surface area contributed by atoms with E-state index >= 15 is 0 Å². The summed E-state index contributed by atoms with van der Waals surface area (Å²) in [6.45, 7) is 2.09. The first kappa shape index (κ1) is 8.79. The fourth-order valence-corrected chi connectivity index (χ4v) is 1.84. The predicted molar refractivity (Wildman–Crippen MR) is 47.6 cm³/mol. The molecule has 0 heterocycles. The van der Waals surface area contributed by atoms with Gasteiger partial charge in [-0.1, -0.05) is 18.6 Å². The largest absolute Gasteiger partial charge is 0.381 e. The maximum absolute atomic E-state index is 5.33. The summed E-state index contributed by atoms with van der Waals surface area (Å²) < 4.78 is 5.33. The van der Waals surface area contributed by atoms with Crippen LogP contribution >= 0.6 is 0 Å². The lowest BCUT2D eigenvalue weighted by Crippen LogP contribution is -2.20. The molecule has 0 saturated heterocycles. The minimum absolute atomic E-state index is 0.518. The van der Waals surface area contributed by atoms with Crippen LogP contribution in [-0.2, 0) is 4.74 Å². The number of methoxy groups -OCH3 is 1. The molecule has 0 N–H and O–H groups in total. The quantitative estimate of drug-likeness (QED) is 0.556. The molecule has 1 saturated carbocycles. The molecule has 1 aliphatic carbocycles. The third kappa shape index (κ3) is 2.66. The van der Waals surface area contributed by atoms with Crippen molar-refractivity contribution in [2.24, 2.45) is 5.92 Å². The van der Waals surface area contributed by atoms with Crippen LogP contribution in [0.4, 0.5) is 0 Å². The second kappa shape index (κ2) is 4.55. The molecule has 11 heavy (non-hydrogen) atoms. The molecule has 0 amide bonds. The Morgan fingerprint density at radius 2 is 2.18 bits per heavy atom. The average molecular weight is 154 g/mol. The van der Waals surface area contributed by atoms with Gasteiger partial charge in [-0.25, -0.2) is 0 Å². The van der Waals surface area contributed by atoms with Crippen molar-refractivity contribution in [2.45, 2.75) is 38.7 Å². The summed E-state index contributed by atoms with van der Waals surface area (Å²) in [6, 6.07) is 0. The van der Waals surface area contributed by atoms with E-state index in [1.54, 1.807) is 0 Å². The van der Waals surface area contributed by atoms with Crippen molar-refractivity contribution in [3.05, 3.63) is 12.2 Å². The molecule has 0 aromatic rings. The van der Waals surface area contributed by atoms with Crippen LogP contribution in [0, 0.1) is 5.92 Å². The topological polar surface area (TPSA) is 9.23 Å². The molecule has 1 fully saturated rings. The van der Waals surface area contributed by atoms with Crippen molar-refractivity contribution in [3.63, 3.8) is 0 Å². The molecular weight excluding hydrogens is 136 g/mol. The Balaban J connectivity index is 2.33. The second-order valence-corrected chi connectivity index (χ2v) is 3.31. The molecule has 0 spiro atoms. The van der Waals surface area contributed by atoms with Crippen molar-refractivity contribution in [3.8, 4) is 0 Å².